The fourth-order valence-corrected chi connectivity index (χ4v) is 2.12. The van der Waals surface area contributed by atoms with Gasteiger partial charge in [0.15, 0.2) is 12.2 Å². The Labute approximate surface area is 111 Å². The van der Waals surface area contributed by atoms with Crippen LogP contribution in [-0.4, -0.2) is 14.8 Å². The Morgan fingerprint density at radius 2 is 2.00 bits per heavy atom. The van der Waals surface area contributed by atoms with Crippen molar-refractivity contribution in [3.63, 3.8) is 0 Å². The minimum absolute atomic E-state index is 0.765. The van der Waals surface area contributed by atoms with Gasteiger partial charge in [0.25, 0.3) is 0 Å². The zero-order valence-electron chi connectivity index (χ0n) is 11.0. The first-order valence-corrected chi connectivity index (χ1v) is 6.21. The number of aromatic nitrogens is 3. The monoisotopic (exact) mass is 253 g/mol. The van der Waals surface area contributed by atoms with E-state index in [1.807, 2.05) is 43.0 Å². The minimum atomic E-state index is 0.765. The Balaban J connectivity index is 1.97. The van der Waals surface area contributed by atoms with Crippen LogP contribution in [0.5, 0.6) is 0 Å². The molecular weight excluding hydrogens is 238 g/mol. The van der Waals surface area contributed by atoms with Crippen molar-refractivity contribution in [1.29, 1.82) is 0 Å². The van der Waals surface area contributed by atoms with Crippen LogP contribution in [0.2, 0.25) is 0 Å². The molecule has 0 aliphatic heterocycles. The lowest BCUT2D eigenvalue weighted by molar-refractivity contribution is 0.570. The molecule has 2 aromatic heterocycles. The molecule has 0 aliphatic rings. The van der Waals surface area contributed by atoms with Crippen molar-refractivity contribution in [1.82, 2.24) is 14.8 Å². The first-order chi connectivity index (χ1) is 9.25. The highest BCUT2D eigenvalue weighted by Crippen LogP contribution is 2.27. The highest BCUT2D eigenvalue weighted by molar-refractivity contribution is 5.62. The van der Waals surface area contributed by atoms with Crippen molar-refractivity contribution < 1.29 is 4.42 Å². The van der Waals surface area contributed by atoms with Gasteiger partial charge in [0.2, 0.25) is 0 Å². The van der Waals surface area contributed by atoms with Crippen LogP contribution in [0.1, 0.15) is 17.0 Å². The second-order valence-corrected chi connectivity index (χ2v) is 4.56. The van der Waals surface area contributed by atoms with Crippen molar-refractivity contribution in [2.45, 2.75) is 13.3 Å². The molecule has 0 saturated heterocycles. The molecule has 0 bridgehead atoms. The fraction of sp³-hybridized carbons (Fsp3) is 0.200. The Hall–Kier alpha value is -2.36. The molecule has 0 amide bonds. The van der Waals surface area contributed by atoms with E-state index in [0.29, 0.717) is 0 Å². The SMILES string of the molecule is Cc1c(-c2ocnc2Cc2ccccc2)cnn1C. The van der Waals surface area contributed by atoms with E-state index in [0.717, 1.165) is 29.1 Å². The van der Waals surface area contributed by atoms with Crippen molar-refractivity contribution in [2.75, 3.05) is 0 Å². The summed E-state index contributed by atoms with van der Waals surface area (Å²) in [5.41, 5.74) is 4.25. The van der Waals surface area contributed by atoms with Gasteiger partial charge in [-0.15, -0.1) is 0 Å². The van der Waals surface area contributed by atoms with Gasteiger partial charge >= 0.3 is 0 Å². The van der Waals surface area contributed by atoms with Crippen LogP contribution in [0.3, 0.4) is 0 Å². The standard InChI is InChI=1S/C15H15N3O/c1-11-13(9-17-18(11)2)15-14(16-10-19-15)8-12-6-4-3-5-7-12/h3-7,9-10H,8H2,1-2H3. The van der Waals surface area contributed by atoms with Gasteiger partial charge in [-0.25, -0.2) is 4.98 Å². The van der Waals surface area contributed by atoms with Crippen molar-refractivity contribution in [3.05, 3.63) is 59.9 Å². The Morgan fingerprint density at radius 1 is 1.21 bits per heavy atom. The van der Waals surface area contributed by atoms with E-state index in [-0.39, 0.29) is 0 Å². The molecule has 3 rings (SSSR count). The number of hydrogen-bond acceptors (Lipinski definition) is 3. The van der Waals surface area contributed by atoms with Crippen LogP contribution in [0.15, 0.2) is 47.3 Å². The summed E-state index contributed by atoms with van der Waals surface area (Å²) in [4.78, 5) is 4.33. The summed E-state index contributed by atoms with van der Waals surface area (Å²) in [6.07, 6.45) is 4.09. The number of hydrogen-bond donors (Lipinski definition) is 0. The van der Waals surface area contributed by atoms with Crippen LogP contribution in [0.25, 0.3) is 11.3 Å². The highest BCUT2D eigenvalue weighted by atomic mass is 16.3. The van der Waals surface area contributed by atoms with E-state index in [1.165, 1.54) is 12.0 Å². The van der Waals surface area contributed by atoms with Gasteiger partial charge in [-0.2, -0.15) is 5.10 Å². The quantitative estimate of drug-likeness (QED) is 0.720. The van der Waals surface area contributed by atoms with E-state index in [2.05, 4.69) is 22.2 Å². The first-order valence-electron chi connectivity index (χ1n) is 6.21. The summed E-state index contributed by atoms with van der Waals surface area (Å²) >= 11 is 0. The van der Waals surface area contributed by atoms with Gasteiger partial charge < -0.3 is 4.42 Å². The molecule has 0 fully saturated rings. The topological polar surface area (TPSA) is 43.9 Å². The lowest BCUT2D eigenvalue weighted by Gasteiger charge is -2.01. The molecule has 0 unspecified atom stereocenters. The fourth-order valence-electron chi connectivity index (χ4n) is 2.12. The van der Waals surface area contributed by atoms with E-state index >= 15 is 0 Å². The summed E-state index contributed by atoms with van der Waals surface area (Å²) in [6.45, 7) is 2.02. The first kappa shape index (κ1) is 11.7. The Bertz CT molecular complexity index is 682. The van der Waals surface area contributed by atoms with E-state index in [4.69, 9.17) is 4.42 Å². The second-order valence-electron chi connectivity index (χ2n) is 4.56. The van der Waals surface area contributed by atoms with Crippen LogP contribution >= 0.6 is 0 Å². The van der Waals surface area contributed by atoms with Crippen LogP contribution in [-0.2, 0) is 13.5 Å². The number of oxazole rings is 1. The molecule has 0 N–H and O–H groups in total. The number of rotatable bonds is 3. The summed E-state index contributed by atoms with van der Waals surface area (Å²) < 4.78 is 7.39. The second kappa shape index (κ2) is 4.72. The van der Waals surface area contributed by atoms with Gasteiger partial charge in [0, 0.05) is 19.2 Å². The van der Waals surface area contributed by atoms with Gasteiger partial charge in [-0.05, 0) is 12.5 Å². The third-order valence-electron chi connectivity index (χ3n) is 3.34. The van der Waals surface area contributed by atoms with Gasteiger partial charge in [0.05, 0.1) is 17.5 Å². The predicted molar refractivity (Wildman–Crippen MR) is 72.7 cm³/mol. The molecule has 1 aromatic carbocycles. The van der Waals surface area contributed by atoms with Crippen LogP contribution in [0.4, 0.5) is 0 Å². The molecule has 0 saturated carbocycles. The summed E-state index contributed by atoms with van der Waals surface area (Å²) in [7, 11) is 1.92. The van der Waals surface area contributed by atoms with E-state index in [1.54, 1.807) is 0 Å². The van der Waals surface area contributed by atoms with Gasteiger partial charge in [0.1, 0.15) is 0 Å². The number of aryl methyl sites for hydroxylation is 1. The molecule has 4 heteroatoms. The smallest absolute Gasteiger partial charge is 0.181 e. The maximum absolute atomic E-state index is 5.55. The molecule has 4 nitrogen and oxygen atoms in total. The molecule has 0 spiro atoms. The van der Waals surface area contributed by atoms with Crippen LogP contribution < -0.4 is 0 Å². The van der Waals surface area contributed by atoms with Crippen molar-refractivity contribution in [3.8, 4) is 11.3 Å². The van der Waals surface area contributed by atoms with Crippen molar-refractivity contribution >= 4 is 0 Å². The maximum atomic E-state index is 5.55. The summed E-state index contributed by atoms with van der Waals surface area (Å²) in [5.74, 6) is 0.814. The highest BCUT2D eigenvalue weighted by Gasteiger charge is 2.15. The molecule has 96 valence electrons. The number of benzene rings is 1. The molecule has 2 heterocycles. The zero-order chi connectivity index (χ0) is 13.2. The molecule has 0 atom stereocenters. The summed E-state index contributed by atoms with van der Waals surface area (Å²) in [5, 5.41) is 4.25. The Morgan fingerprint density at radius 3 is 2.68 bits per heavy atom. The molecule has 3 aromatic rings. The molecular formula is C15H15N3O. The molecule has 0 aliphatic carbocycles. The third-order valence-corrected chi connectivity index (χ3v) is 3.34. The zero-order valence-corrected chi connectivity index (χ0v) is 11.0. The lowest BCUT2D eigenvalue weighted by Crippen LogP contribution is -1.94. The number of nitrogens with zero attached hydrogens (tertiary/aromatic N) is 3. The average Bonchev–Trinajstić information content (AvgIpc) is 2.99. The van der Waals surface area contributed by atoms with E-state index in [9.17, 15) is 0 Å². The minimum Gasteiger partial charge on any atom is -0.443 e. The predicted octanol–water partition coefficient (Wildman–Crippen LogP) is 2.97. The van der Waals surface area contributed by atoms with Crippen molar-refractivity contribution in [2.24, 2.45) is 7.05 Å². The summed E-state index contributed by atoms with van der Waals surface area (Å²) in [6, 6.07) is 10.3. The lowest BCUT2D eigenvalue weighted by atomic mass is 10.1. The van der Waals surface area contributed by atoms with E-state index < -0.39 is 0 Å². The molecule has 19 heavy (non-hydrogen) atoms. The Kier molecular flexibility index (Phi) is 2.91. The van der Waals surface area contributed by atoms with Gasteiger partial charge in [-0.3, -0.25) is 4.68 Å². The largest absolute Gasteiger partial charge is 0.443 e. The maximum Gasteiger partial charge on any atom is 0.181 e. The van der Waals surface area contributed by atoms with Gasteiger partial charge in [-0.1, -0.05) is 30.3 Å². The molecule has 0 radical (unpaired) electrons. The average molecular weight is 253 g/mol. The normalized spacial score (nSPS) is 10.8. The third kappa shape index (κ3) is 2.17. The van der Waals surface area contributed by atoms with Crippen LogP contribution in [0, 0.1) is 6.92 Å².